The standard InChI is InChI=1S/C20H24BrCl2NO2/c1-4-13(3)24-11-15-8-16(21)20(19(10-15)25-5-2)26-12-14-6-7-17(22)18(23)9-14/h6-10,13,24H,4-5,11-12H2,1-3H3/t13-/m1/s1. The molecule has 0 bridgehead atoms. The molecule has 0 spiro atoms. The summed E-state index contributed by atoms with van der Waals surface area (Å²) in [6, 6.07) is 10.0. The summed E-state index contributed by atoms with van der Waals surface area (Å²) in [5.74, 6) is 1.41. The first-order valence-corrected chi connectivity index (χ1v) is 10.2. The third-order valence-corrected chi connectivity index (χ3v) is 5.33. The molecule has 26 heavy (non-hydrogen) atoms. The van der Waals surface area contributed by atoms with E-state index in [1.807, 2.05) is 25.1 Å². The zero-order valence-corrected chi connectivity index (χ0v) is 18.3. The third-order valence-electron chi connectivity index (χ3n) is 4.00. The number of hydrogen-bond donors (Lipinski definition) is 1. The van der Waals surface area contributed by atoms with Gasteiger partial charge in [-0.15, -0.1) is 0 Å². The molecule has 0 saturated heterocycles. The monoisotopic (exact) mass is 459 g/mol. The minimum absolute atomic E-state index is 0.375. The van der Waals surface area contributed by atoms with Gasteiger partial charge in [-0.2, -0.15) is 0 Å². The molecule has 0 aliphatic heterocycles. The Morgan fingerprint density at radius 1 is 1.04 bits per heavy atom. The van der Waals surface area contributed by atoms with Crippen molar-refractivity contribution in [2.45, 2.75) is 46.4 Å². The van der Waals surface area contributed by atoms with E-state index in [1.54, 1.807) is 6.07 Å². The van der Waals surface area contributed by atoms with Crippen LogP contribution >= 0.6 is 39.1 Å². The molecule has 0 aliphatic rings. The first kappa shape index (κ1) is 21.4. The molecule has 0 fully saturated rings. The number of ether oxygens (including phenoxy) is 2. The molecule has 3 nitrogen and oxygen atoms in total. The molecule has 0 unspecified atom stereocenters. The number of nitrogens with one attached hydrogen (secondary N) is 1. The molecule has 0 saturated carbocycles. The molecule has 1 N–H and O–H groups in total. The Kier molecular flexibility index (Phi) is 8.55. The Morgan fingerprint density at radius 2 is 1.81 bits per heavy atom. The van der Waals surface area contributed by atoms with Crippen molar-refractivity contribution in [3.05, 3.63) is 56.0 Å². The highest BCUT2D eigenvalue weighted by Crippen LogP contribution is 2.37. The van der Waals surface area contributed by atoms with Gasteiger partial charge in [-0.25, -0.2) is 0 Å². The van der Waals surface area contributed by atoms with Crippen LogP contribution in [0.2, 0.25) is 10.0 Å². The highest BCUT2D eigenvalue weighted by Gasteiger charge is 2.13. The SMILES string of the molecule is CCOc1cc(CN[C@H](C)CC)cc(Br)c1OCc1ccc(Cl)c(Cl)c1. The van der Waals surface area contributed by atoms with Crippen molar-refractivity contribution in [2.24, 2.45) is 0 Å². The number of halogens is 3. The quantitative estimate of drug-likeness (QED) is 0.455. The fourth-order valence-corrected chi connectivity index (χ4v) is 3.27. The van der Waals surface area contributed by atoms with E-state index in [9.17, 15) is 0 Å². The van der Waals surface area contributed by atoms with Crippen molar-refractivity contribution >= 4 is 39.1 Å². The molecular weight excluding hydrogens is 437 g/mol. The Bertz CT molecular complexity index is 740. The second-order valence-electron chi connectivity index (χ2n) is 6.07. The predicted molar refractivity (Wildman–Crippen MR) is 113 cm³/mol. The predicted octanol–water partition coefficient (Wildman–Crippen LogP) is 6.62. The van der Waals surface area contributed by atoms with Crippen LogP contribution in [-0.2, 0) is 13.2 Å². The summed E-state index contributed by atoms with van der Waals surface area (Å²) in [5, 5.41) is 4.54. The van der Waals surface area contributed by atoms with E-state index in [0.29, 0.717) is 35.1 Å². The molecule has 6 heteroatoms. The first-order valence-electron chi connectivity index (χ1n) is 8.69. The van der Waals surface area contributed by atoms with Gasteiger partial charge in [0, 0.05) is 12.6 Å². The molecule has 0 amide bonds. The molecule has 0 radical (unpaired) electrons. The Labute approximate surface area is 174 Å². The van der Waals surface area contributed by atoms with Gasteiger partial charge in [-0.05, 0) is 71.6 Å². The van der Waals surface area contributed by atoms with E-state index in [-0.39, 0.29) is 0 Å². The van der Waals surface area contributed by atoms with Crippen molar-refractivity contribution in [1.29, 1.82) is 0 Å². The van der Waals surface area contributed by atoms with Crippen LogP contribution in [0.25, 0.3) is 0 Å². The van der Waals surface area contributed by atoms with Gasteiger partial charge in [-0.1, -0.05) is 36.2 Å². The highest BCUT2D eigenvalue weighted by atomic mass is 79.9. The van der Waals surface area contributed by atoms with Crippen molar-refractivity contribution in [3.63, 3.8) is 0 Å². The zero-order valence-electron chi connectivity index (χ0n) is 15.2. The summed E-state index contributed by atoms with van der Waals surface area (Å²) in [5.41, 5.74) is 2.08. The minimum Gasteiger partial charge on any atom is -0.490 e. The van der Waals surface area contributed by atoms with E-state index >= 15 is 0 Å². The summed E-state index contributed by atoms with van der Waals surface area (Å²) >= 11 is 15.6. The summed E-state index contributed by atoms with van der Waals surface area (Å²) in [6.07, 6.45) is 1.09. The number of rotatable bonds is 9. The van der Waals surface area contributed by atoms with E-state index < -0.39 is 0 Å². The van der Waals surface area contributed by atoms with Crippen molar-refractivity contribution in [3.8, 4) is 11.5 Å². The molecule has 2 rings (SSSR count). The van der Waals surface area contributed by atoms with Crippen LogP contribution in [-0.4, -0.2) is 12.6 Å². The Morgan fingerprint density at radius 3 is 2.46 bits per heavy atom. The maximum atomic E-state index is 6.07. The van der Waals surface area contributed by atoms with Gasteiger partial charge in [0.25, 0.3) is 0 Å². The molecule has 0 aromatic heterocycles. The average molecular weight is 461 g/mol. The molecule has 2 aromatic carbocycles. The Hall–Kier alpha value is -0.940. The Balaban J connectivity index is 2.16. The van der Waals surface area contributed by atoms with Crippen molar-refractivity contribution in [2.75, 3.05) is 6.61 Å². The largest absolute Gasteiger partial charge is 0.490 e. The molecule has 142 valence electrons. The summed E-state index contributed by atoms with van der Waals surface area (Å²) < 4.78 is 12.7. The summed E-state index contributed by atoms with van der Waals surface area (Å²) in [4.78, 5) is 0. The van der Waals surface area contributed by atoms with Crippen LogP contribution in [0.4, 0.5) is 0 Å². The van der Waals surface area contributed by atoms with Crippen molar-refractivity contribution < 1.29 is 9.47 Å². The molecule has 1 atom stereocenters. The van der Waals surface area contributed by atoms with E-state index in [0.717, 1.165) is 34.3 Å². The van der Waals surface area contributed by atoms with Gasteiger partial charge >= 0.3 is 0 Å². The third kappa shape index (κ3) is 6.05. The lowest BCUT2D eigenvalue weighted by Crippen LogP contribution is -2.24. The maximum Gasteiger partial charge on any atom is 0.175 e. The van der Waals surface area contributed by atoms with Crippen LogP contribution in [0, 0.1) is 0 Å². The average Bonchev–Trinajstić information content (AvgIpc) is 2.62. The topological polar surface area (TPSA) is 30.5 Å². The van der Waals surface area contributed by atoms with E-state index in [1.165, 1.54) is 0 Å². The van der Waals surface area contributed by atoms with Gasteiger partial charge < -0.3 is 14.8 Å². The van der Waals surface area contributed by atoms with Crippen LogP contribution in [0.15, 0.2) is 34.8 Å². The second-order valence-corrected chi connectivity index (χ2v) is 7.73. The minimum atomic E-state index is 0.375. The molecule has 0 heterocycles. The van der Waals surface area contributed by atoms with E-state index in [4.69, 9.17) is 32.7 Å². The lowest BCUT2D eigenvalue weighted by molar-refractivity contribution is 0.267. The molecule has 0 aliphatic carbocycles. The normalized spacial score (nSPS) is 12.1. The van der Waals surface area contributed by atoms with Crippen molar-refractivity contribution in [1.82, 2.24) is 5.32 Å². The second kappa shape index (κ2) is 10.4. The number of hydrogen-bond acceptors (Lipinski definition) is 3. The lowest BCUT2D eigenvalue weighted by atomic mass is 10.1. The van der Waals surface area contributed by atoms with Crippen LogP contribution in [0.5, 0.6) is 11.5 Å². The van der Waals surface area contributed by atoms with Gasteiger partial charge in [0.1, 0.15) is 6.61 Å². The highest BCUT2D eigenvalue weighted by molar-refractivity contribution is 9.10. The smallest absolute Gasteiger partial charge is 0.175 e. The summed E-state index contributed by atoms with van der Waals surface area (Å²) in [7, 11) is 0. The molecule has 2 aromatic rings. The van der Waals surface area contributed by atoms with Gasteiger partial charge in [-0.3, -0.25) is 0 Å². The van der Waals surface area contributed by atoms with Gasteiger partial charge in [0.2, 0.25) is 0 Å². The summed E-state index contributed by atoms with van der Waals surface area (Å²) in [6.45, 7) is 8.02. The van der Waals surface area contributed by atoms with Crippen LogP contribution < -0.4 is 14.8 Å². The number of benzene rings is 2. The fourth-order valence-electron chi connectivity index (χ4n) is 2.35. The lowest BCUT2D eigenvalue weighted by Gasteiger charge is -2.17. The van der Waals surface area contributed by atoms with E-state index in [2.05, 4.69) is 41.2 Å². The first-order chi connectivity index (χ1) is 12.4. The van der Waals surface area contributed by atoms with Crippen LogP contribution in [0.1, 0.15) is 38.3 Å². The fraction of sp³-hybridized carbons (Fsp3) is 0.400. The maximum absolute atomic E-state index is 6.07. The zero-order chi connectivity index (χ0) is 19.1. The van der Waals surface area contributed by atoms with Gasteiger partial charge in [0.05, 0.1) is 21.1 Å². The van der Waals surface area contributed by atoms with Crippen LogP contribution in [0.3, 0.4) is 0 Å². The van der Waals surface area contributed by atoms with Gasteiger partial charge in [0.15, 0.2) is 11.5 Å². The molecular formula is C20H24BrCl2NO2.